The number of aromatic amines is 1. The second-order valence-electron chi connectivity index (χ2n) is 4.91. The molecule has 1 heterocycles. The predicted molar refractivity (Wildman–Crippen MR) is 86.7 cm³/mol. The molecular weight excluding hydrogens is 318 g/mol. The van der Waals surface area contributed by atoms with E-state index in [9.17, 15) is 9.59 Å². The van der Waals surface area contributed by atoms with Crippen molar-refractivity contribution < 1.29 is 18.7 Å². The van der Waals surface area contributed by atoms with E-state index in [1.54, 1.807) is 19.2 Å². The van der Waals surface area contributed by atoms with Crippen LogP contribution in [0.5, 0.6) is 5.75 Å². The van der Waals surface area contributed by atoms with Crippen molar-refractivity contribution in [2.75, 3.05) is 17.7 Å². The van der Waals surface area contributed by atoms with E-state index in [2.05, 4.69) is 22.0 Å². The minimum Gasteiger partial charge on any atom is -0.494 e. The molecule has 0 unspecified atom stereocenters. The highest BCUT2D eigenvalue weighted by Crippen LogP contribution is 2.17. The monoisotopic (exact) mass is 338 g/mol. The first-order valence-electron chi connectivity index (χ1n) is 7.33. The zero-order valence-electron chi connectivity index (χ0n) is 13.1. The molecule has 0 saturated heterocycles. The zero-order chi connectivity index (χ0) is 16.7. The minimum absolute atomic E-state index is 0.116. The molecule has 0 saturated carbocycles. The van der Waals surface area contributed by atoms with Crippen molar-refractivity contribution in [3.63, 3.8) is 0 Å². The Balaban J connectivity index is 1.82. The first kappa shape index (κ1) is 17.1. The predicted octanol–water partition coefficient (Wildman–Crippen LogP) is 1.70. The van der Waals surface area contributed by atoms with Gasteiger partial charge in [-0.05, 0) is 47.7 Å². The minimum atomic E-state index is -0.487. The Labute approximate surface area is 138 Å². The number of unbranched alkanes of at least 4 members (excludes halogenated alkanes) is 1. The lowest BCUT2D eigenvalue weighted by atomic mass is 10.3. The molecule has 0 radical (unpaired) electrons. The second kappa shape index (κ2) is 8.42. The highest BCUT2D eigenvalue weighted by molar-refractivity contribution is 7.99. The van der Waals surface area contributed by atoms with Gasteiger partial charge in [-0.15, -0.1) is 0 Å². The summed E-state index contributed by atoms with van der Waals surface area (Å²) < 4.78 is 11.6. The molecule has 1 amide bonds. The fraction of sp³-hybridized carbons (Fsp3) is 0.400. The lowest BCUT2D eigenvalue weighted by Gasteiger charge is -2.07. The average molecular weight is 338 g/mol. The van der Waals surface area contributed by atoms with Crippen molar-refractivity contribution in [2.24, 2.45) is 7.05 Å². The van der Waals surface area contributed by atoms with Crippen molar-refractivity contribution in [3.8, 4) is 5.75 Å². The van der Waals surface area contributed by atoms with Crippen LogP contribution >= 0.6 is 11.8 Å². The molecule has 2 aromatic rings. The third-order valence-corrected chi connectivity index (χ3v) is 4.12. The van der Waals surface area contributed by atoms with Gasteiger partial charge in [0.1, 0.15) is 5.75 Å². The summed E-state index contributed by atoms with van der Waals surface area (Å²) in [4.78, 5) is 23.3. The van der Waals surface area contributed by atoms with Crippen LogP contribution in [0.15, 0.2) is 38.6 Å². The Morgan fingerprint density at radius 1 is 1.39 bits per heavy atom. The van der Waals surface area contributed by atoms with Gasteiger partial charge >= 0.3 is 10.7 Å². The fourth-order valence-electron chi connectivity index (χ4n) is 1.79. The van der Waals surface area contributed by atoms with Gasteiger partial charge < -0.3 is 10.1 Å². The Kier molecular flexibility index (Phi) is 6.28. The average Bonchev–Trinajstić information content (AvgIpc) is 2.86. The SMILES string of the molecule is CCCCOc1ccc(NC(=O)CSc2c(=O)o[nH][n+]2C)cc1. The second-order valence-corrected chi connectivity index (χ2v) is 5.87. The summed E-state index contributed by atoms with van der Waals surface area (Å²) >= 11 is 1.11. The summed E-state index contributed by atoms with van der Waals surface area (Å²) in [5.41, 5.74) is 0.197. The van der Waals surface area contributed by atoms with E-state index >= 15 is 0 Å². The normalized spacial score (nSPS) is 10.5. The molecule has 0 aliphatic carbocycles. The quantitative estimate of drug-likeness (QED) is 0.434. The molecule has 8 heteroatoms. The maximum Gasteiger partial charge on any atom is 0.441 e. The van der Waals surface area contributed by atoms with Crippen LogP contribution in [0.3, 0.4) is 0 Å². The zero-order valence-corrected chi connectivity index (χ0v) is 13.9. The molecule has 0 aliphatic heterocycles. The number of thioether (sulfide) groups is 1. The first-order valence-corrected chi connectivity index (χ1v) is 8.31. The van der Waals surface area contributed by atoms with E-state index in [1.807, 2.05) is 12.1 Å². The number of hydrogen-bond donors (Lipinski definition) is 2. The Hall–Kier alpha value is -2.22. The summed E-state index contributed by atoms with van der Waals surface area (Å²) in [6, 6.07) is 7.21. The number of amides is 1. The number of anilines is 1. The van der Waals surface area contributed by atoms with Gasteiger partial charge in [-0.3, -0.25) is 9.32 Å². The molecular formula is C15H20N3O4S+. The fourth-order valence-corrected chi connectivity index (χ4v) is 2.52. The van der Waals surface area contributed by atoms with E-state index in [4.69, 9.17) is 4.74 Å². The van der Waals surface area contributed by atoms with Gasteiger partial charge in [0.25, 0.3) is 0 Å². The Morgan fingerprint density at radius 3 is 2.74 bits per heavy atom. The maximum absolute atomic E-state index is 11.9. The van der Waals surface area contributed by atoms with E-state index in [0.717, 1.165) is 30.4 Å². The van der Waals surface area contributed by atoms with Gasteiger partial charge in [-0.2, -0.15) is 0 Å². The molecule has 0 spiro atoms. The molecule has 0 aliphatic rings. The highest BCUT2D eigenvalue weighted by atomic mass is 32.2. The van der Waals surface area contributed by atoms with Gasteiger partial charge in [-0.25, -0.2) is 4.79 Å². The van der Waals surface area contributed by atoms with Crippen LogP contribution < -0.4 is 20.4 Å². The molecule has 2 rings (SSSR count). The smallest absolute Gasteiger partial charge is 0.441 e. The third-order valence-electron chi connectivity index (χ3n) is 3.00. The van der Waals surface area contributed by atoms with Crippen LogP contribution in [-0.4, -0.2) is 23.5 Å². The lowest BCUT2D eigenvalue weighted by Crippen LogP contribution is -2.34. The van der Waals surface area contributed by atoms with Crippen molar-refractivity contribution in [3.05, 3.63) is 34.7 Å². The molecule has 124 valence electrons. The van der Waals surface area contributed by atoms with Crippen molar-refractivity contribution in [1.29, 1.82) is 0 Å². The number of rotatable bonds is 8. The van der Waals surface area contributed by atoms with Gasteiger partial charge in [0.2, 0.25) is 5.91 Å². The molecule has 0 bridgehead atoms. The summed E-state index contributed by atoms with van der Waals surface area (Å²) in [5.74, 6) is 0.698. The summed E-state index contributed by atoms with van der Waals surface area (Å²) in [6.45, 7) is 2.80. The summed E-state index contributed by atoms with van der Waals surface area (Å²) in [7, 11) is 1.64. The number of H-pyrrole nitrogens is 1. The number of carbonyl (C=O) groups is 1. The summed E-state index contributed by atoms with van der Waals surface area (Å²) in [6.07, 6.45) is 2.10. The number of benzene rings is 1. The molecule has 2 N–H and O–H groups in total. The van der Waals surface area contributed by atoms with Crippen LogP contribution in [-0.2, 0) is 11.8 Å². The van der Waals surface area contributed by atoms with Gasteiger partial charge in [0.15, 0.2) is 7.05 Å². The van der Waals surface area contributed by atoms with E-state index in [1.165, 1.54) is 4.68 Å². The Morgan fingerprint density at radius 2 is 2.13 bits per heavy atom. The van der Waals surface area contributed by atoms with Crippen LogP contribution in [0.25, 0.3) is 0 Å². The first-order chi connectivity index (χ1) is 11.1. The molecule has 0 fully saturated rings. The third kappa shape index (κ3) is 5.17. The maximum atomic E-state index is 11.9. The number of nitrogens with zero attached hydrogens (tertiary/aromatic N) is 1. The van der Waals surface area contributed by atoms with E-state index in [0.29, 0.717) is 17.3 Å². The molecule has 7 nitrogen and oxygen atoms in total. The molecule has 1 aromatic heterocycles. The van der Waals surface area contributed by atoms with Crippen LogP contribution in [0.1, 0.15) is 19.8 Å². The number of nitrogens with one attached hydrogen (secondary N) is 2. The van der Waals surface area contributed by atoms with Gasteiger partial charge in [0.05, 0.1) is 12.4 Å². The number of carbonyl (C=O) groups excluding carboxylic acids is 1. The molecule has 23 heavy (non-hydrogen) atoms. The van der Waals surface area contributed by atoms with Gasteiger partial charge in [0, 0.05) is 5.69 Å². The molecule has 1 aromatic carbocycles. The summed E-state index contributed by atoms with van der Waals surface area (Å²) in [5, 5.41) is 5.52. The highest BCUT2D eigenvalue weighted by Gasteiger charge is 2.19. The standard InChI is InChI=1S/C15H19N3O4S/c1-3-4-9-21-12-7-5-11(6-8-12)16-13(19)10-23-14-15(20)22-17-18(14)2/h5-8H,3-4,9-10H2,1-2H3,(H-,16,17,19,20)/p+1. The number of ether oxygens (including phenoxy) is 1. The topological polar surface area (TPSA) is 88.2 Å². The van der Waals surface area contributed by atoms with Crippen molar-refractivity contribution in [2.45, 2.75) is 24.8 Å². The van der Waals surface area contributed by atoms with Crippen LogP contribution in [0, 0.1) is 0 Å². The number of aryl methyl sites for hydroxylation is 1. The molecule has 0 atom stereocenters. The van der Waals surface area contributed by atoms with Crippen molar-refractivity contribution in [1.82, 2.24) is 5.27 Å². The van der Waals surface area contributed by atoms with Crippen LogP contribution in [0.2, 0.25) is 0 Å². The largest absolute Gasteiger partial charge is 0.494 e. The van der Waals surface area contributed by atoms with E-state index in [-0.39, 0.29) is 11.7 Å². The van der Waals surface area contributed by atoms with Crippen LogP contribution in [0.4, 0.5) is 5.69 Å². The van der Waals surface area contributed by atoms with E-state index < -0.39 is 5.63 Å². The Bertz CT molecular complexity index is 693. The number of hydrogen-bond acceptors (Lipinski definition) is 5. The lowest BCUT2D eigenvalue weighted by molar-refractivity contribution is -0.772. The van der Waals surface area contributed by atoms with Crippen molar-refractivity contribution >= 4 is 23.4 Å². The number of aromatic nitrogens is 2. The van der Waals surface area contributed by atoms with Gasteiger partial charge in [-0.1, -0.05) is 18.0 Å².